The highest BCUT2D eigenvalue weighted by molar-refractivity contribution is 5.79. The van der Waals surface area contributed by atoms with Gasteiger partial charge in [0.25, 0.3) is 5.56 Å². The van der Waals surface area contributed by atoms with Crippen LogP contribution in [0.15, 0.2) is 35.3 Å². The lowest BCUT2D eigenvalue weighted by atomic mass is 9.94. The van der Waals surface area contributed by atoms with E-state index in [2.05, 4.69) is 22.2 Å². The van der Waals surface area contributed by atoms with Gasteiger partial charge in [-0.2, -0.15) is 0 Å². The maximum atomic E-state index is 12.2. The second-order valence-electron chi connectivity index (χ2n) is 7.15. The summed E-state index contributed by atoms with van der Waals surface area (Å²) in [5.41, 5.74) is 1.15. The molecule has 0 radical (unpaired) electrons. The molecule has 1 aromatic heterocycles. The first kappa shape index (κ1) is 18.6. The quantitative estimate of drug-likeness (QED) is 0.772. The van der Waals surface area contributed by atoms with Crippen LogP contribution in [0.3, 0.4) is 0 Å². The summed E-state index contributed by atoms with van der Waals surface area (Å²) in [6.45, 7) is 1.65. The molecule has 0 unspecified atom stereocenters. The molecule has 0 saturated heterocycles. The Hall–Kier alpha value is -2.21. The second-order valence-corrected chi connectivity index (χ2v) is 7.15. The van der Waals surface area contributed by atoms with Crippen molar-refractivity contribution in [2.24, 2.45) is 0 Å². The van der Waals surface area contributed by atoms with E-state index in [0.29, 0.717) is 23.6 Å². The zero-order valence-electron chi connectivity index (χ0n) is 15.5. The number of hydrogen-bond donors (Lipinski definition) is 1. The van der Waals surface area contributed by atoms with Gasteiger partial charge in [-0.15, -0.1) is 0 Å². The molecule has 26 heavy (non-hydrogen) atoms. The van der Waals surface area contributed by atoms with Gasteiger partial charge in [0.1, 0.15) is 6.54 Å². The lowest BCUT2D eigenvalue weighted by Gasteiger charge is -2.31. The number of benzene rings is 1. The number of carbonyl (C=O) groups excluding carboxylic acids is 1. The van der Waals surface area contributed by atoms with Gasteiger partial charge in [-0.05, 0) is 45.0 Å². The van der Waals surface area contributed by atoms with Gasteiger partial charge >= 0.3 is 0 Å². The highest BCUT2D eigenvalue weighted by Crippen LogP contribution is 2.21. The average molecular weight is 356 g/mol. The van der Waals surface area contributed by atoms with Crippen molar-refractivity contribution in [3.05, 3.63) is 40.8 Å². The van der Waals surface area contributed by atoms with Crippen LogP contribution in [0.4, 0.5) is 0 Å². The van der Waals surface area contributed by atoms with Crippen molar-refractivity contribution in [2.75, 3.05) is 20.1 Å². The molecule has 6 nitrogen and oxygen atoms in total. The molecule has 1 saturated carbocycles. The molecule has 1 aromatic carbocycles. The lowest BCUT2D eigenvalue weighted by Crippen LogP contribution is -2.37. The Morgan fingerprint density at radius 2 is 2.04 bits per heavy atom. The lowest BCUT2D eigenvalue weighted by molar-refractivity contribution is -0.121. The standard InChI is InChI=1S/C20H28N4O2/c1-23(16-8-3-2-4-9-16)13-7-12-21-19(25)15-24-18-11-6-5-10-17(18)22-14-20(24)26/h5-6,10-11,14,16H,2-4,7-9,12-13,15H2,1H3,(H,21,25). The minimum Gasteiger partial charge on any atom is -0.355 e. The summed E-state index contributed by atoms with van der Waals surface area (Å²) in [6, 6.07) is 8.06. The molecular weight excluding hydrogens is 328 g/mol. The van der Waals surface area contributed by atoms with E-state index >= 15 is 0 Å². The maximum Gasteiger partial charge on any atom is 0.269 e. The first-order valence-electron chi connectivity index (χ1n) is 9.56. The van der Waals surface area contributed by atoms with Crippen molar-refractivity contribution >= 4 is 16.9 Å². The van der Waals surface area contributed by atoms with Gasteiger partial charge in [0.2, 0.25) is 5.91 Å². The van der Waals surface area contributed by atoms with Gasteiger partial charge in [0.15, 0.2) is 0 Å². The van der Waals surface area contributed by atoms with Crippen LogP contribution in [0.25, 0.3) is 11.0 Å². The van der Waals surface area contributed by atoms with E-state index in [1.165, 1.54) is 42.9 Å². The fraction of sp³-hybridized carbons (Fsp3) is 0.550. The van der Waals surface area contributed by atoms with E-state index in [4.69, 9.17) is 0 Å². The van der Waals surface area contributed by atoms with E-state index in [1.807, 2.05) is 24.3 Å². The van der Waals surface area contributed by atoms with Gasteiger partial charge in [0, 0.05) is 12.6 Å². The molecule has 1 N–H and O–H groups in total. The number of fused-ring (bicyclic) bond motifs is 1. The van der Waals surface area contributed by atoms with Crippen LogP contribution >= 0.6 is 0 Å². The van der Waals surface area contributed by atoms with Crippen LogP contribution in [0, 0.1) is 0 Å². The molecule has 0 spiro atoms. The zero-order valence-corrected chi connectivity index (χ0v) is 15.5. The average Bonchev–Trinajstić information content (AvgIpc) is 2.68. The van der Waals surface area contributed by atoms with Crippen LogP contribution in [-0.4, -0.2) is 46.5 Å². The van der Waals surface area contributed by atoms with Crippen LogP contribution in [-0.2, 0) is 11.3 Å². The number of hydrogen-bond acceptors (Lipinski definition) is 4. The van der Waals surface area contributed by atoms with Crippen LogP contribution in [0.5, 0.6) is 0 Å². The molecule has 1 amide bonds. The van der Waals surface area contributed by atoms with Gasteiger partial charge in [-0.1, -0.05) is 31.4 Å². The predicted molar refractivity (Wildman–Crippen MR) is 103 cm³/mol. The first-order valence-corrected chi connectivity index (χ1v) is 9.56. The normalized spacial score (nSPS) is 15.5. The predicted octanol–water partition coefficient (Wildman–Crippen LogP) is 2.17. The smallest absolute Gasteiger partial charge is 0.269 e. The number of nitrogens with one attached hydrogen (secondary N) is 1. The number of carbonyl (C=O) groups is 1. The van der Waals surface area contributed by atoms with E-state index in [1.54, 1.807) is 0 Å². The van der Waals surface area contributed by atoms with Crippen LogP contribution < -0.4 is 10.9 Å². The maximum absolute atomic E-state index is 12.2. The van der Waals surface area contributed by atoms with Crippen molar-refractivity contribution in [2.45, 2.75) is 51.1 Å². The van der Waals surface area contributed by atoms with Crippen molar-refractivity contribution in [1.29, 1.82) is 0 Å². The highest BCUT2D eigenvalue weighted by Gasteiger charge is 2.17. The SMILES string of the molecule is CN(CCCNC(=O)Cn1c(=O)cnc2ccccc21)C1CCCCC1. The van der Waals surface area contributed by atoms with Crippen LogP contribution in [0.1, 0.15) is 38.5 Å². The Kier molecular flexibility index (Phi) is 6.39. The Morgan fingerprint density at radius 1 is 1.27 bits per heavy atom. The number of amides is 1. The fourth-order valence-corrected chi connectivity index (χ4v) is 3.74. The Morgan fingerprint density at radius 3 is 2.85 bits per heavy atom. The van der Waals surface area contributed by atoms with Crippen molar-refractivity contribution in [3.63, 3.8) is 0 Å². The third kappa shape index (κ3) is 4.69. The third-order valence-corrected chi connectivity index (χ3v) is 5.26. The van der Waals surface area contributed by atoms with Crippen molar-refractivity contribution < 1.29 is 4.79 Å². The highest BCUT2D eigenvalue weighted by atomic mass is 16.2. The summed E-state index contributed by atoms with van der Waals surface area (Å²) in [7, 11) is 2.18. The third-order valence-electron chi connectivity index (χ3n) is 5.26. The Balaban J connectivity index is 1.47. The number of rotatable bonds is 7. The van der Waals surface area contributed by atoms with Crippen molar-refractivity contribution in [1.82, 2.24) is 19.8 Å². The summed E-state index contributed by atoms with van der Waals surface area (Å²) in [4.78, 5) is 30.9. The van der Waals surface area contributed by atoms with Gasteiger partial charge in [-0.3, -0.25) is 14.2 Å². The molecule has 3 rings (SSSR count). The molecule has 0 aliphatic heterocycles. The monoisotopic (exact) mass is 356 g/mol. The van der Waals surface area contributed by atoms with E-state index in [-0.39, 0.29) is 18.0 Å². The molecular formula is C20H28N4O2. The van der Waals surface area contributed by atoms with E-state index < -0.39 is 0 Å². The molecule has 1 fully saturated rings. The fourth-order valence-electron chi connectivity index (χ4n) is 3.74. The molecule has 1 aliphatic carbocycles. The van der Waals surface area contributed by atoms with E-state index in [0.717, 1.165) is 13.0 Å². The molecule has 2 aromatic rings. The molecule has 0 atom stereocenters. The zero-order chi connectivity index (χ0) is 18.4. The molecule has 0 bridgehead atoms. The minimum absolute atomic E-state index is 0.0281. The van der Waals surface area contributed by atoms with E-state index in [9.17, 15) is 9.59 Å². The van der Waals surface area contributed by atoms with Gasteiger partial charge in [-0.25, -0.2) is 4.98 Å². The van der Waals surface area contributed by atoms with Crippen LogP contribution in [0.2, 0.25) is 0 Å². The number of aromatic nitrogens is 2. The number of para-hydroxylation sites is 2. The molecule has 140 valence electrons. The molecule has 6 heteroatoms. The summed E-state index contributed by atoms with van der Waals surface area (Å²) < 4.78 is 1.48. The topological polar surface area (TPSA) is 67.2 Å². The Labute approximate surface area is 154 Å². The van der Waals surface area contributed by atoms with Crippen molar-refractivity contribution in [3.8, 4) is 0 Å². The van der Waals surface area contributed by atoms with Gasteiger partial charge < -0.3 is 10.2 Å². The summed E-state index contributed by atoms with van der Waals surface area (Å²) in [5.74, 6) is -0.135. The second kappa shape index (κ2) is 8.94. The summed E-state index contributed by atoms with van der Waals surface area (Å²) in [5, 5.41) is 2.94. The van der Waals surface area contributed by atoms with Gasteiger partial charge in [0.05, 0.1) is 17.2 Å². The molecule has 1 heterocycles. The molecule has 1 aliphatic rings. The summed E-state index contributed by atoms with van der Waals surface area (Å²) >= 11 is 0. The summed E-state index contributed by atoms with van der Waals surface area (Å²) in [6.07, 6.45) is 8.81. The minimum atomic E-state index is -0.254. The Bertz CT molecular complexity index is 796. The largest absolute Gasteiger partial charge is 0.355 e. The number of nitrogens with zero attached hydrogens (tertiary/aromatic N) is 3. The first-order chi connectivity index (χ1) is 12.6.